The SMILES string of the molecule is CC(=O)/C=C(/C)O.CC(C)c1ccc2oc3c(-c4ccccn4)[c-]ccc3c2c1.[Pt]. The van der Waals surface area contributed by atoms with Gasteiger partial charge in [0.1, 0.15) is 5.58 Å². The Hall–Kier alpha value is -2.71. The molecule has 1 N–H and O–H groups in total. The molecule has 2 aromatic heterocycles. The first-order chi connectivity index (χ1) is 13.9. The topological polar surface area (TPSA) is 63.3 Å². The number of fused-ring (bicyclic) bond motifs is 3. The van der Waals surface area contributed by atoms with Gasteiger partial charge >= 0.3 is 0 Å². The number of nitrogens with zero attached hydrogens (tertiary/aromatic N) is 1. The van der Waals surface area contributed by atoms with Gasteiger partial charge in [0.25, 0.3) is 0 Å². The van der Waals surface area contributed by atoms with Gasteiger partial charge in [0.2, 0.25) is 0 Å². The molecule has 0 aliphatic heterocycles. The van der Waals surface area contributed by atoms with E-state index >= 15 is 0 Å². The zero-order valence-electron chi connectivity index (χ0n) is 17.4. The molecule has 0 fully saturated rings. The molecule has 4 rings (SSSR count). The third kappa shape index (κ3) is 5.46. The van der Waals surface area contributed by atoms with Crippen LogP contribution in [-0.2, 0) is 25.9 Å². The Morgan fingerprint density at radius 2 is 1.90 bits per heavy atom. The number of furan rings is 1. The number of hydrogen-bond acceptors (Lipinski definition) is 4. The third-order valence-corrected chi connectivity index (χ3v) is 4.46. The molecule has 0 amide bonds. The molecule has 0 spiro atoms. The van der Waals surface area contributed by atoms with Crippen LogP contribution in [0.1, 0.15) is 39.2 Å². The van der Waals surface area contributed by atoms with Crippen molar-refractivity contribution in [1.82, 2.24) is 4.98 Å². The zero-order chi connectivity index (χ0) is 21.0. The zero-order valence-corrected chi connectivity index (χ0v) is 19.7. The molecule has 2 aromatic carbocycles. The number of carbonyl (C=O) groups is 1. The summed E-state index contributed by atoms with van der Waals surface area (Å²) in [6, 6.07) is 19.6. The van der Waals surface area contributed by atoms with Crippen molar-refractivity contribution in [2.75, 3.05) is 0 Å². The second-order valence-electron chi connectivity index (χ2n) is 7.22. The Morgan fingerprint density at radius 3 is 2.47 bits per heavy atom. The van der Waals surface area contributed by atoms with Crippen molar-refractivity contribution in [2.45, 2.75) is 33.6 Å². The average molecular weight is 582 g/mol. The van der Waals surface area contributed by atoms with Gasteiger partial charge in [-0.05, 0) is 49.2 Å². The molecule has 4 nitrogen and oxygen atoms in total. The van der Waals surface area contributed by atoms with E-state index in [4.69, 9.17) is 9.52 Å². The number of pyridine rings is 1. The van der Waals surface area contributed by atoms with Crippen molar-refractivity contribution >= 4 is 27.7 Å². The molecule has 2 heterocycles. The maximum Gasteiger partial charge on any atom is 0.155 e. The molecular formula is C25H24NO3Pt-. The van der Waals surface area contributed by atoms with Crippen LogP contribution in [0.2, 0.25) is 0 Å². The Kier molecular flexibility index (Phi) is 8.14. The summed E-state index contributed by atoms with van der Waals surface area (Å²) in [6.45, 7) is 7.26. The number of carbonyl (C=O) groups excluding carboxylic acids is 1. The quantitative estimate of drug-likeness (QED) is 0.168. The first-order valence-corrected chi connectivity index (χ1v) is 9.53. The van der Waals surface area contributed by atoms with Gasteiger partial charge in [-0.2, -0.15) is 0 Å². The Bertz CT molecular complexity index is 1170. The standard InChI is InChI=1S/C20H16NO.C5H8O2.Pt/c1-13(2)14-9-10-19-17(12-14)15-6-5-7-16(20(15)22-19)18-8-3-4-11-21-18;1-4(6)3-5(2)7;/h3-6,8-13H,1-2H3;3,6H,1-2H3;/q-1;;/b;4-3-;. The van der Waals surface area contributed by atoms with E-state index in [-0.39, 0.29) is 32.6 Å². The summed E-state index contributed by atoms with van der Waals surface area (Å²) >= 11 is 0. The second-order valence-corrected chi connectivity index (χ2v) is 7.22. The number of aliphatic hydroxyl groups is 1. The largest absolute Gasteiger partial charge is 0.512 e. The smallest absolute Gasteiger partial charge is 0.155 e. The third-order valence-electron chi connectivity index (χ3n) is 4.46. The molecule has 30 heavy (non-hydrogen) atoms. The van der Waals surface area contributed by atoms with E-state index in [0.717, 1.165) is 33.2 Å². The van der Waals surface area contributed by atoms with Crippen LogP contribution in [0.25, 0.3) is 33.2 Å². The van der Waals surface area contributed by atoms with E-state index in [2.05, 4.69) is 49.2 Å². The first-order valence-electron chi connectivity index (χ1n) is 9.53. The Morgan fingerprint density at radius 1 is 1.13 bits per heavy atom. The van der Waals surface area contributed by atoms with Crippen LogP contribution in [0.4, 0.5) is 0 Å². The van der Waals surface area contributed by atoms with E-state index in [1.807, 2.05) is 24.3 Å². The number of ketones is 1. The predicted molar refractivity (Wildman–Crippen MR) is 117 cm³/mol. The minimum Gasteiger partial charge on any atom is -0.512 e. The number of hydrogen-bond donors (Lipinski definition) is 1. The number of allylic oxidation sites excluding steroid dienone is 2. The number of aliphatic hydroxyl groups excluding tert-OH is 1. The Labute approximate surface area is 190 Å². The van der Waals surface area contributed by atoms with Crippen molar-refractivity contribution in [2.24, 2.45) is 0 Å². The van der Waals surface area contributed by atoms with Gasteiger partial charge in [-0.1, -0.05) is 43.0 Å². The van der Waals surface area contributed by atoms with Gasteiger partial charge < -0.3 is 14.5 Å². The summed E-state index contributed by atoms with van der Waals surface area (Å²) in [5.74, 6) is 0.437. The number of benzene rings is 2. The van der Waals surface area contributed by atoms with Crippen molar-refractivity contribution in [3.63, 3.8) is 0 Å². The van der Waals surface area contributed by atoms with E-state index in [1.165, 1.54) is 25.5 Å². The molecule has 0 aliphatic carbocycles. The summed E-state index contributed by atoms with van der Waals surface area (Å²) in [5.41, 5.74) is 4.90. The van der Waals surface area contributed by atoms with E-state index in [0.29, 0.717) is 5.92 Å². The summed E-state index contributed by atoms with van der Waals surface area (Å²) in [5, 5.41) is 10.6. The molecule has 0 unspecified atom stereocenters. The first kappa shape index (κ1) is 23.6. The maximum atomic E-state index is 10.0. The van der Waals surface area contributed by atoms with Crippen molar-refractivity contribution < 1.29 is 35.4 Å². The fraction of sp³-hybridized carbons (Fsp3) is 0.200. The van der Waals surface area contributed by atoms with Crippen LogP contribution in [0.5, 0.6) is 0 Å². The molecule has 0 radical (unpaired) electrons. The normalized spacial score (nSPS) is 11.2. The van der Waals surface area contributed by atoms with Crippen LogP contribution >= 0.6 is 0 Å². The second kappa shape index (κ2) is 10.4. The summed E-state index contributed by atoms with van der Waals surface area (Å²) in [6.07, 6.45) is 2.96. The van der Waals surface area contributed by atoms with Gasteiger partial charge in [0, 0.05) is 38.7 Å². The van der Waals surface area contributed by atoms with Gasteiger partial charge in [-0.3, -0.25) is 4.79 Å². The predicted octanol–water partition coefficient (Wildman–Crippen LogP) is 6.61. The van der Waals surface area contributed by atoms with Crippen molar-refractivity contribution in [3.05, 3.63) is 78.2 Å². The van der Waals surface area contributed by atoms with Crippen LogP contribution in [-0.4, -0.2) is 15.9 Å². The molecule has 0 bridgehead atoms. The molecule has 158 valence electrons. The van der Waals surface area contributed by atoms with E-state index < -0.39 is 0 Å². The van der Waals surface area contributed by atoms with E-state index in [1.54, 1.807) is 6.20 Å². The van der Waals surface area contributed by atoms with Gasteiger partial charge in [0.05, 0.1) is 11.3 Å². The van der Waals surface area contributed by atoms with Crippen molar-refractivity contribution in [3.8, 4) is 11.3 Å². The fourth-order valence-corrected chi connectivity index (χ4v) is 3.11. The molecule has 0 aliphatic rings. The summed E-state index contributed by atoms with van der Waals surface area (Å²) in [4.78, 5) is 14.4. The molecule has 4 aromatic rings. The van der Waals surface area contributed by atoms with Gasteiger partial charge in [-0.15, -0.1) is 18.2 Å². The van der Waals surface area contributed by atoms with Crippen LogP contribution in [0.3, 0.4) is 0 Å². The monoisotopic (exact) mass is 581 g/mol. The van der Waals surface area contributed by atoms with Crippen LogP contribution in [0.15, 0.2) is 71.0 Å². The number of rotatable bonds is 3. The molecule has 0 atom stereocenters. The molecule has 5 heteroatoms. The fourth-order valence-electron chi connectivity index (χ4n) is 3.11. The average Bonchev–Trinajstić information content (AvgIpc) is 3.06. The molecular weight excluding hydrogens is 557 g/mol. The van der Waals surface area contributed by atoms with Crippen LogP contribution in [0, 0.1) is 6.07 Å². The summed E-state index contributed by atoms with van der Waals surface area (Å²) < 4.78 is 6.10. The van der Waals surface area contributed by atoms with Crippen molar-refractivity contribution in [1.29, 1.82) is 0 Å². The molecule has 0 saturated carbocycles. The van der Waals surface area contributed by atoms with Gasteiger partial charge in [-0.25, -0.2) is 0 Å². The Balaban J connectivity index is 0.000000350. The maximum absolute atomic E-state index is 10.0. The summed E-state index contributed by atoms with van der Waals surface area (Å²) in [7, 11) is 0. The van der Waals surface area contributed by atoms with E-state index in [9.17, 15) is 4.79 Å². The minimum absolute atomic E-state index is 0. The number of aromatic nitrogens is 1. The van der Waals surface area contributed by atoms with Gasteiger partial charge in [0.15, 0.2) is 5.78 Å². The molecule has 0 saturated heterocycles. The van der Waals surface area contributed by atoms with Crippen LogP contribution < -0.4 is 0 Å². The minimum atomic E-state index is -0.125.